The molecule has 0 unspecified atom stereocenters. The van der Waals surface area contributed by atoms with Crippen LogP contribution in [-0.2, 0) is 18.9 Å². The van der Waals surface area contributed by atoms with E-state index in [4.69, 9.17) is 47.0 Å². The van der Waals surface area contributed by atoms with Crippen LogP contribution in [0.3, 0.4) is 0 Å². The third kappa shape index (κ3) is 7.33. The van der Waals surface area contributed by atoms with E-state index in [1.165, 1.54) is 21.3 Å². The van der Waals surface area contributed by atoms with Gasteiger partial charge in [0.15, 0.2) is 22.8 Å². The van der Waals surface area contributed by atoms with E-state index in [1.54, 1.807) is 30.3 Å². The number of rotatable bonds is 4. The first-order valence-electron chi connectivity index (χ1n) is 12.6. The van der Waals surface area contributed by atoms with E-state index in [0.29, 0.717) is 98.1 Å². The minimum atomic E-state index is -0.565. The highest BCUT2D eigenvalue weighted by Crippen LogP contribution is 2.42. The van der Waals surface area contributed by atoms with Gasteiger partial charge in [-0.3, -0.25) is 0 Å². The predicted molar refractivity (Wildman–Crippen MR) is 142 cm³/mol. The van der Waals surface area contributed by atoms with Gasteiger partial charge >= 0.3 is 5.63 Å². The smallest absolute Gasteiger partial charge is 0.344 e. The molecule has 0 fully saturated rings. The van der Waals surface area contributed by atoms with Crippen molar-refractivity contribution in [1.29, 1.82) is 0 Å². The lowest BCUT2D eigenvalue weighted by Crippen LogP contribution is -2.16. The summed E-state index contributed by atoms with van der Waals surface area (Å²) in [6.07, 6.45) is 0. The molecule has 0 bridgehead atoms. The van der Waals surface area contributed by atoms with E-state index >= 15 is 0 Å². The molecule has 212 valence electrons. The summed E-state index contributed by atoms with van der Waals surface area (Å²) < 4.78 is 56.1. The average Bonchev–Trinajstić information content (AvgIpc) is 2.95. The van der Waals surface area contributed by atoms with E-state index in [2.05, 4.69) is 0 Å². The van der Waals surface area contributed by atoms with E-state index in [0.717, 1.165) is 0 Å². The Kier molecular flexibility index (Phi) is 10.7. The summed E-state index contributed by atoms with van der Waals surface area (Å²) in [4.78, 5) is 13.2. The number of hydrogen-bond donors (Lipinski definition) is 0. The van der Waals surface area contributed by atoms with Gasteiger partial charge in [-0.05, 0) is 35.9 Å². The van der Waals surface area contributed by atoms with Crippen LogP contribution in [0.15, 0.2) is 39.5 Å². The number of benzene rings is 2. The highest BCUT2D eigenvalue weighted by Gasteiger charge is 2.20. The van der Waals surface area contributed by atoms with Crippen LogP contribution < -0.4 is 29.3 Å². The predicted octanol–water partition coefficient (Wildman–Crippen LogP) is 3.32. The van der Waals surface area contributed by atoms with E-state index in [1.807, 2.05) is 0 Å². The fraction of sp³-hybridized carbons (Fsp3) is 0.464. The van der Waals surface area contributed by atoms with Crippen molar-refractivity contribution in [1.82, 2.24) is 0 Å². The molecular formula is C28H34O11. The van der Waals surface area contributed by atoms with Crippen LogP contribution in [0.2, 0.25) is 0 Å². The van der Waals surface area contributed by atoms with Crippen molar-refractivity contribution in [3.05, 3.63) is 40.8 Å². The first-order chi connectivity index (χ1) is 19.2. The summed E-state index contributed by atoms with van der Waals surface area (Å²) in [7, 11) is 4.54. The monoisotopic (exact) mass is 546 g/mol. The molecule has 3 aromatic rings. The van der Waals surface area contributed by atoms with Gasteiger partial charge in [-0.2, -0.15) is 0 Å². The minimum Gasteiger partial charge on any atom is -0.493 e. The minimum absolute atomic E-state index is 0.216. The second kappa shape index (κ2) is 14.6. The summed E-state index contributed by atoms with van der Waals surface area (Å²) in [6.45, 7) is 3.89. The van der Waals surface area contributed by atoms with Crippen LogP contribution in [0, 0.1) is 0 Å². The summed E-state index contributed by atoms with van der Waals surface area (Å²) in [5.74, 6) is 2.00. The van der Waals surface area contributed by atoms with E-state index in [9.17, 15) is 4.79 Å². The lowest BCUT2D eigenvalue weighted by molar-refractivity contribution is -0.00838. The van der Waals surface area contributed by atoms with Gasteiger partial charge in [0.2, 0.25) is 11.5 Å². The molecule has 11 nitrogen and oxygen atoms in total. The second-order valence-electron chi connectivity index (χ2n) is 8.32. The van der Waals surface area contributed by atoms with Crippen LogP contribution in [0.4, 0.5) is 0 Å². The zero-order chi connectivity index (χ0) is 27.5. The van der Waals surface area contributed by atoms with Crippen molar-refractivity contribution in [2.45, 2.75) is 0 Å². The van der Waals surface area contributed by atoms with Gasteiger partial charge in [-0.15, -0.1) is 0 Å². The maximum Gasteiger partial charge on any atom is 0.344 e. The molecule has 0 atom stereocenters. The van der Waals surface area contributed by atoms with Crippen molar-refractivity contribution in [2.75, 3.05) is 87.4 Å². The summed E-state index contributed by atoms with van der Waals surface area (Å²) >= 11 is 0. The Morgan fingerprint density at radius 1 is 0.641 bits per heavy atom. The van der Waals surface area contributed by atoms with Gasteiger partial charge in [0.25, 0.3) is 0 Å². The molecule has 0 radical (unpaired) electrons. The normalized spacial score (nSPS) is 16.2. The van der Waals surface area contributed by atoms with Gasteiger partial charge in [-0.1, -0.05) is 0 Å². The highest BCUT2D eigenvalue weighted by molar-refractivity contribution is 5.88. The fourth-order valence-electron chi connectivity index (χ4n) is 4.00. The van der Waals surface area contributed by atoms with Crippen LogP contribution >= 0.6 is 0 Å². The second-order valence-corrected chi connectivity index (χ2v) is 8.32. The van der Waals surface area contributed by atoms with Crippen molar-refractivity contribution in [3.8, 4) is 39.9 Å². The summed E-state index contributed by atoms with van der Waals surface area (Å²) in [5, 5.41) is 0.644. The molecular weight excluding hydrogens is 512 g/mol. The molecule has 0 amide bonds. The van der Waals surface area contributed by atoms with Crippen molar-refractivity contribution in [3.63, 3.8) is 0 Å². The van der Waals surface area contributed by atoms with Crippen LogP contribution in [0.25, 0.3) is 22.1 Å². The zero-order valence-corrected chi connectivity index (χ0v) is 22.4. The first-order valence-corrected chi connectivity index (χ1v) is 12.6. The van der Waals surface area contributed by atoms with Crippen LogP contribution in [0.1, 0.15) is 0 Å². The summed E-state index contributed by atoms with van der Waals surface area (Å²) in [6, 6.07) is 8.69. The van der Waals surface area contributed by atoms with Gasteiger partial charge < -0.3 is 47.0 Å². The van der Waals surface area contributed by atoms with Gasteiger partial charge in [0.05, 0.1) is 79.7 Å². The number of fused-ring (bicyclic) bond motifs is 3. The molecule has 2 aromatic carbocycles. The lowest BCUT2D eigenvalue weighted by atomic mass is 10.0. The molecule has 1 aromatic heterocycles. The largest absolute Gasteiger partial charge is 0.493 e. The van der Waals surface area contributed by atoms with Crippen molar-refractivity contribution >= 4 is 11.0 Å². The van der Waals surface area contributed by atoms with E-state index < -0.39 is 5.63 Å². The quantitative estimate of drug-likeness (QED) is 0.449. The van der Waals surface area contributed by atoms with Gasteiger partial charge in [-0.25, -0.2) is 4.79 Å². The Balaban J connectivity index is 1.65. The SMILES string of the molecule is COc1cc(-c2cc3ccc4c(c3oc2=O)OCCOCCOCCOCCOCCO4)cc(OC)c1OC. The van der Waals surface area contributed by atoms with Crippen LogP contribution in [-0.4, -0.2) is 87.4 Å². The average molecular weight is 547 g/mol. The lowest BCUT2D eigenvalue weighted by Gasteiger charge is -2.16. The van der Waals surface area contributed by atoms with Gasteiger partial charge in [0, 0.05) is 5.39 Å². The third-order valence-corrected chi connectivity index (χ3v) is 5.87. The third-order valence-electron chi connectivity index (χ3n) is 5.87. The Bertz CT molecular complexity index is 1250. The molecule has 4 rings (SSSR count). The molecule has 0 N–H and O–H groups in total. The maximum atomic E-state index is 13.2. The molecule has 0 aliphatic carbocycles. The van der Waals surface area contributed by atoms with E-state index in [-0.39, 0.29) is 18.8 Å². The molecule has 1 aliphatic heterocycles. The molecule has 0 spiro atoms. The number of methoxy groups -OCH3 is 3. The maximum absolute atomic E-state index is 13.2. The Hall–Kier alpha value is -3.51. The highest BCUT2D eigenvalue weighted by atomic mass is 16.6. The van der Waals surface area contributed by atoms with Crippen molar-refractivity contribution < 1.29 is 47.0 Å². The standard InChI is InChI=1S/C28H34O11/c1-30-23-17-20(18-24(31-2)26(23)32-3)21-16-19-4-5-22-27(25(19)39-28(21)29)38-15-13-36-11-9-34-7-6-33-8-10-35-12-14-37-22/h4-5,16-18H,6-15H2,1-3H3. The molecule has 2 heterocycles. The molecule has 0 saturated carbocycles. The van der Waals surface area contributed by atoms with Crippen molar-refractivity contribution in [2.24, 2.45) is 0 Å². The number of hydrogen-bond acceptors (Lipinski definition) is 11. The molecule has 39 heavy (non-hydrogen) atoms. The first kappa shape index (κ1) is 28.5. The molecule has 11 heteroatoms. The van der Waals surface area contributed by atoms with Crippen LogP contribution in [0.5, 0.6) is 28.7 Å². The zero-order valence-electron chi connectivity index (χ0n) is 22.4. The molecule has 1 aliphatic rings. The van der Waals surface area contributed by atoms with Gasteiger partial charge in [0.1, 0.15) is 13.2 Å². The number of ether oxygens (including phenoxy) is 9. The fourth-order valence-corrected chi connectivity index (χ4v) is 4.00. The Labute approximate surface area is 226 Å². The Morgan fingerprint density at radius 3 is 1.72 bits per heavy atom. The summed E-state index contributed by atoms with van der Waals surface area (Å²) in [5.41, 5.74) is 0.570. The topological polar surface area (TPSA) is 113 Å². The molecule has 0 saturated heterocycles. The Morgan fingerprint density at radius 2 is 1.18 bits per heavy atom.